The molecule has 0 unspecified atom stereocenters. The van der Waals surface area contributed by atoms with Gasteiger partial charge in [-0.25, -0.2) is 14.2 Å². The number of aromatic carboxylic acids is 1. The summed E-state index contributed by atoms with van der Waals surface area (Å²) >= 11 is 1.21. The molecule has 0 saturated carbocycles. The number of rotatable bonds is 8. The van der Waals surface area contributed by atoms with E-state index < -0.39 is 5.97 Å². The van der Waals surface area contributed by atoms with Crippen molar-refractivity contribution in [2.24, 2.45) is 4.99 Å². The average molecular weight is 507 g/mol. The molecule has 1 heterocycles. The van der Waals surface area contributed by atoms with E-state index in [1.54, 1.807) is 48.5 Å². The number of hydrogen-bond donors (Lipinski definition) is 1. The molecule has 3 aromatic carbocycles. The van der Waals surface area contributed by atoms with Gasteiger partial charge < -0.3 is 14.6 Å². The highest BCUT2D eigenvalue weighted by Gasteiger charge is 2.32. The number of aliphatic imine (C=N–C) groups is 1. The monoisotopic (exact) mass is 506 g/mol. The zero-order chi connectivity index (χ0) is 25.7. The molecule has 0 atom stereocenters. The van der Waals surface area contributed by atoms with Gasteiger partial charge in [-0.3, -0.25) is 9.69 Å². The fourth-order valence-electron chi connectivity index (χ4n) is 3.52. The highest BCUT2D eigenvalue weighted by Crippen LogP contribution is 2.36. The molecule has 0 spiro atoms. The number of nitrogens with zero attached hydrogens (tertiary/aromatic N) is 2. The van der Waals surface area contributed by atoms with Crippen molar-refractivity contribution in [2.45, 2.75) is 13.5 Å². The predicted octanol–water partition coefficient (Wildman–Crippen LogP) is 5.74. The lowest BCUT2D eigenvalue weighted by Crippen LogP contribution is -2.28. The summed E-state index contributed by atoms with van der Waals surface area (Å²) in [5.41, 5.74) is 1.99. The Kier molecular flexibility index (Phi) is 7.70. The minimum absolute atomic E-state index is 0.122. The van der Waals surface area contributed by atoms with Gasteiger partial charge in [-0.05, 0) is 78.4 Å². The van der Waals surface area contributed by atoms with E-state index in [9.17, 15) is 19.1 Å². The largest absolute Gasteiger partial charge is 0.493 e. The molecule has 1 amide bonds. The molecule has 4 rings (SSSR count). The van der Waals surface area contributed by atoms with Crippen molar-refractivity contribution < 1.29 is 28.6 Å². The molecular weight excluding hydrogens is 483 g/mol. The number of likely N-dealkylation sites (N-methyl/N-ethyl adjacent to an activating group) is 1. The molecular formula is C27H23FN2O5S. The third-order valence-electron chi connectivity index (χ3n) is 5.29. The quantitative estimate of drug-likeness (QED) is 0.392. The molecule has 0 aliphatic carbocycles. The molecule has 184 valence electrons. The summed E-state index contributed by atoms with van der Waals surface area (Å²) in [4.78, 5) is 30.8. The second-order valence-electron chi connectivity index (χ2n) is 7.74. The Morgan fingerprint density at radius 3 is 2.64 bits per heavy atom. The maximum atomic E-state index is 13.4. The number of thioether (sulfide) groups is 1. The molecule has 7 nitrogen and oxygen atoms in total. The predicted molar refractivity (Wildman–Crippen MR) is 137 cm³/mol. The highest BCUT2D eigenvalue weighted by atomic mass is 32.2. The van der Waals surface area contributed by atoms with Gasteiger partial charge >= 0.3 is 5.97 Å². The van der Waals surface area contributed by atoms with Crippen LogP contribution >= 0.6 is 11.8 Å². The van der Waals surface area contributed by atoms with Gasteiger partial charge in [-0.1, -0.05) is 24.3 Å². The molecule has 1 fully saturated rings. The number of halogens is 1. The van der Waals surface area contributed by atoms with Gasteiger partial charge in [-0.2, -0.15) is 0 Å². The summed E-state index contributed by atoms with van der Waals surface area (Å²) in [6, 6.07) is 17.7. The van der Waals surface area contributed by atoms with Crippen molar-refractivity contribution in [1.82, 2.24) is 4.90 Å². The van der Waals surface area contributed by atoms with Crippen LogP contribution < -0.4 is 9.47 Å². The zero-order valence-corrected chi connectivity index (χ0v) is 20.4. The minimum atomic E-state index is -1.04. The number of hydrogen-bond acceptors (Lipinski definition) is 6. The van der Waals surface area contributed by atoms with Crippen LogP contribution in [0.25, 0.3) is 6.08 Å². The van der Waals surface area contributed by atoms with Gasteiger partial charge in [0.25, 0.3) is 5.91 Å². The Labute approximate surface area is 211 Å². The van der Waals surface area contributed by atoms with E-state index in [0.29, 0.717) is 39.4 Å². The van der Waals surface area contributed by atoms with Crippen LogP contribution in [0.3, 0.4) is 0 Å². The Morgan fingerprint density at radius 1 is 1.11 bits per heavy atom. The number of amides is 1. The van der Waals surface area contributed by atoms with Crippen molar-refractivity contribution in [2.75, 3.05) is 13.7 Å². The van der Waals surface area contributed by atoms with Crippen LogP contribution in [0, 0.1) is 5.82 Å². The zero-order valence-electron chi connectivity index (χ0n) is 19.6. The van der Waals surface area contributed by atoms with Crippen LogP contribution in [0.5, 0.6) is 11.5 Å². The minimum Gasteiger partial charge on any atom is -0.493 e. The molecule has 0 radical (unpaired) electrons. The topological polar surface area (TPSA) is 88.4 Å². The normalized spacial score (nSPS) is 15.5. The Bertz CT molecular complexity index is 1370. The summed E-state index contributed by atoms with van der Waals surface area (Å²) in [5, 5.41) is 9.69. The van der Waals surface area contributed by atoms with Gasteiger partial charge in [0.05, 0.1) is 23.3 Å². The number of amidine groups is 1. The van der Waals surface area contributed by atoms with Crippen molar-refractivity contribution in [1.29, 1.82) is 0 Å². The van der Waals surface area contributed by atoms with Crippen LogP contribution in [0.15, 0.2) is 76.6 Å². The number of carboxylic acid groups (broad SMARTS) is 1. The second-order valence-corrected chi connectivity index (χ2v) is 8.75. The standard InChI is InChI=1S/C27H23FN2O5S/c1-3-30-25(31)24(36-27(30)29-21-9-5-7-19(15-21)26(32)33)14-17-10-11-22(23(13-17)34-2)35-16-18-6-4-8-20(28)12-18/h4-15H,3,16H2,1-2H3,(H,32,33). The second kappa shape index (κ2) is 11.1. The summed E-state index contributed by atoms with van der Waals surface area (Å²) in [7, 11) is 1.52. The first-order valence-corrected chi connectivity index (χ1v) is 11.9. The van der Waals surface area contributed by atoms with Gasteiger partial charge in [0.15, 0.2) is 16.7 Å². The maximum Gasteiger partial charge on any atom is 0.335 e. The first-order valence-electron chi connectivity index (χ1n) is 11.1. The van der Waals surface area contributed by atoms with Crippen LogP contribution in [0.4, 0.5) is 10.1 Å². The van der Waals surface area contributed by atoms with Crippen LogP contribution in [-0.4, -0.2) is 40.7 Å². The number of benzene rings is 3. The first-order chi connectivity index (χ1) is 17.4. The smallest absolute Gasteiger partial charge is 0.335 e. The molecule has 0 aromatic heterocycles. The third kappa shape index (κ3) is 5.75. The molecule has 3 aromatic rings. The van der Waals surface area contributed by atoms with Crippen LogP contribution in [0.1, 0.15) is 28.4 Å². The molecule has 1 aliphatic rings. The molecule has 36 heavy (non-hydrogen) atoms. The molecule has 1 saturated heterocycles. The fourth-order valence-corrected chi connectivity index (χ4v) is 4.58. The summed E-state index contributed by atoms with van der Waals surface area (Å²) in [6.45, 7) is 2.44. The summed E-state index contributed by atoms with van der Waals surface area (Å²) < 4.78 is 24.7. The highest BCUT2D eigenvalue weighted by molar-refractivity contribution is 8.18. The molecule has 9 heteroatoms. The van der Waals surface area contributed by atoms with E-state index in [4.69, 9.17) is 9.47 Å². The van der Waals surface area contributed by atoms with Gasteiger partial charge in [-0.15, -0.1) is 0 Å². The molecule has 1 aliphatic heterocycles. The number of carbonyl (C=O) groups excluding carboxylic acids is 1. The van der Waals surface area contributed by atoms with Gasteiger partial charge in [0.1, 0.15) is 12.4 Å². The third-order valence-corrected chi connectivity index (χ3v) is 6.30. The maximum absolute atomic E-state index is 13.4. The van der Waals surface area contributed by atoms with E-state index in [2.05, 4.69) is 4.99 Å². The molecule has 1 N–H and O–H groups in total. The lowest BCUT2D eigenvalue weighted by Gasteiger charge is -2.12. The number of carbonyl (C=O) groups is 2. The van der Waals surface area contributed by atoms with Crippen molar-refractivity contribution >= 4 is 40.6 Å². The number of ether oxygens (including phenoxy) is 2. The van der Waals surface area contributed by atoms with Crippen LogP contribution in [0.2, 0.25) is 0 Å². The van der Waals surface area contributed by atoms with E-state index in [1.807, 2.05) is 6.92 Å². The van der Waals surface area contributed by atoms with E-state index in [-0.39, 0.29) is 23.9 Å². The number of carboxylic acids is 1. The summed E-state index contributed by atoms with van der Waals surface area (Å²) in [5.74, 6) is -0.603. The van der Waals surface area contributed by atoms with E-state index in [0.717, 1.165) is 5.56 Å². The van der Waals surface area contributed by atoms with E-state index >= 15 is 0 Å². The van der Waals surface area contributed by atoms with Crippen molar-refractivity contribution in [3.63, 3.8) is 0 Å². The van der Waals surface area contributed by atoms with Crippen LogP contribution in [-0.2, 0) is 11.4 Å². The number of methoxy groups -OCH3 is 1. The Morgan fingerprint density at radius 2 is 1.92 bits per heavy atom. The SMILES string of the molecule is CCN1C(=O)C(=Cc2ccc(OCc3cccc(F)c3)c(OC)c2)SC1=Nc1cccc(C(=O)O)c1. The molecule has 0 bridgehead atoms. The summed E-state index contributed by atoms with van der Waals surface area (Å²) in [6.07, 6.45) is 1.74. The lowest BCUT2D eigenvalue weighted by atomic mass is 10.1. The van der Waals surface area contributed by atoms with Crippen molar-refractivity contribution in [3.05, 3.63) is 94.1 Å². The average Bonchev–Trinajstić information content (AvgIpc) is 3.16. The van der Waals surface area contributed by atoms with Gasteiger partial charge in [0.2, 0.25) is 0 Å². The van der Waals surface area contributed by atoms with Crippen molar-refractivity contribution in [3.8, 4) is 11.5 Å². The fraction of sp³-hybridized carbons (Fsp3) is 0.148. The Hall–Kier alpha value is -4.11. The first kappa shape index (κ1) is 25.0. The van der Waals surface area contributed by atoms with E-state index in [1.165, 1.54) is 48.0 Å². The van der Waals surface area contributed by atoms with Gasteiger partial charge in [0, 0.05) is 6.54 Å². The Balaban J connectivity index is 1.55. The lowest BCUT2D eigenvalue weighted by molar-refractivity contribution is -0.122.